The highest BCUT2D eigenvalue weighted by atomic mass is 32.2. The van der Waals surface area contributed by atoms with Gasteiger partial charge in [0.25, 0.3) is 0 Å². The number of aryl methyl sites for hydroxylation is 1. The van der Waals surface area contributed by atoms with Crippen molar-refractivity contribution < 1.29 is 19.1 Å². The van der Waals surface area contributed by atoms with Crippen LogP contribution in [0.1, 0.15) is 29.9 Å². The molecule has 4 rings (SSSR count). The number of thioether (sulfide) groups is 1. The summed E-state index contributed by atoms with van der Waals surface area (Å²) in [5, 5.41) is 18.1. The van der Waals surface area contributed by atoms with Gasteiger partial charge in [-0.3, -0.25) is 0 Å². The zero-order chi connectivity index (χ0) is 19.8. The number of esters is 2. The molecule has 0 bridgehead atoms. The first-order valence-electron chi connectivity index (χ1n) is 8.82. The van der Waals surface area contributed by atoms with Crippen LogP contribution in [0.3, 0.4) is 0 Å². The number of rotatable bonds is 4. The van der Waals surface area contributed by atoms with Crippen LogP contribution in [-0.4, -0.2) is 51.6 Å². The van der Waals surface area contributed by atoms with E-state index in [-0.39, 0.29) is 18.9 Å². The molecule has 0 saturated heterocycles. The van der Waals surface area contributed by atoms with E-state index in [1.165, 1.54) is 11.8 Å². The molecule has 146 valence electrons. The van der Waals surface area contributed by atoms with Crippen molar-refractivity contribution in [2.24, 2.45) is 10.3 Å². The lowest BCUT2D eigenvalue weighted by Crippen LogP contribution is -2.37. The first-order chi connectivity index (χ1) is 13.5. The van der Waals surface area contributed by atoms with Crippen LogP contribution in [0.2, 0.25) is 0 Å². The van der Waals surface area contributed by atoms with Crippen molar-refractivity contribution in [2.75, 3.05) is 18.2 Å². The first-order valence-corrected chi connectivity index (χ1v) is 9.70. The van der Waals surface area contributed by atoms with Gasteiger partial charge in [0.15, 0.2) is 0 Å². The van der Waals surface area contributed by atoms with Gasteiger partial charge in [0.2, 0.25) is 11.7 Å². The zero-order valence-corrected chi connectivity index (χ0v) is 16.3. The Balaban J connectivity index is 1.85. The standard InChI is InChI=1S/C17H18N6O4S/c1-4-26-16(24)12-14-22(20-18-12)10-7-6-9(3)8-11(10)23-15(28-14)13(19-21-23)17(25)27-5-2/h6-8,13,15H,4-5H2,1-3H3/t13-,15+/m0/s1. The third-order valence-corrected chi connectivity index (χ3v) is 5.54. The van der Waals surface area contributed by atoms with Gasteiger partial charge >= 0.3 is 11.9 Å². The van der Waals surface area contributed by atoms with Gasteiger partial charge in [0.05, 0.1) is 24.6 Å². The monoisotopic (exact) mass is 402 g/mol. The maximum Gasteiger partial charge on any atom is 0.361 e. The normalized spacial score (nSPS) is 19.5. The molecule has 2 atom stereocenters. The Labute approximate surface area is 164 Å². The molecule has 0 fully saturated rings. The Hall–Kier alpha value is -2.95. The number of carbonyl (C=O) groups is 2. The van der Waals surface area contributed by atoms with Crippen LogP contribution >= 0.6 is 11.8 Å². The van der Waals surface area contributed by atoms with E-state index in [1.54, 1.807) is 23.5 Å². The van der Waals surface area contributed by atoms with Crippen LogP contribution in [0.4, 0.5) is 5.69 Å². The van der Waals surface area contributed by atoms with Gasteiger partial charge in [-0.2, -0.15) is 5.11 Å². The number of hydrogen-bond acceptors (Lipinski definition) is 10. The van der Waals surface area contributed by atoms with Crippen LogP contribution in [-0.2, 0) is 14.3 Å². The minimum absolute atomic E-state index is 0.0923. The fraction of sp³-hybridized carbons (Fsp3) is 0.412. The largest absolute Gasteiger partial charge is 0.464 e. The van der Waals surface area contributed by atoms with Gasteiger partial charge in [0, 0.05) is 0 Å². The summed E-state index contributed by atoms with van der Waals surface area (Å²) in [5.41, 5.74) is 2.50. The predicted octanol–water partition coefficient (Wildman–Crippen LogP) is 2.30. The highest BCUT2D eigenvalue weighted by Crippen LogP contribution is 2.44. The van der Waals surface area contributed by atoms with Gasteiger partial charge in [-0.25, -0.2) is 19.3 Å². The summed E-state index contributed by atoms with van der Waals surface area (Å²) in [6, 6.07) is 4.88. The average Bonchev–Trinajstić information content (AvgIpc) is 3.24. The summed E-state index contributed by atoms with van der Waals surface area (Å²) < 4.78 is 11.8. The van der Waals surface area contributed by atoms with E-state index in [0.717, 1.165) is 5.56 Å². The minimum atomic E-state index is -0.838. The second kappa shape index (κ2) is 7.23. The lowest BCUT2D eigenvalue weighted by Gasteiger charge is -2.22. The Morgan fingerprint density at radius 1 is 1.18 bits per heavy atom. The number of carbonyl (C=O) groups excluding carboxylic acids is 2. The molecule has 0 radical (unpaired) electrons. The maximum atomic E-state index is 12.4. The van der Waals surface area contributed by atoms with Crippen LogP contribution in [0.15, 0.2) is 33.6 Å². The number of ether oxygens (including phenoxy) is 2. The molecule has 2 aliphatic rings. The zero-order valence-electron chi connectivity index (χ0n) is 15.5. The molecule has 1 aromatic heterocycles. The molecule has 11 heteroatoms. The third-order valence-electron chi connectivity index (χ3n) is 4.25. The lowest BCUT2D eigenvalue weighted by atomic mass is 10.1. The second-order valence-electron chi connectivity index (χ2n) is 6.12. The van der Waals surface area contributed by atoms with E-state index in [4.69, 9.17) is 9.47 Å². The van der Waals surface area contributed by atoms with Crippen LogP contribution < -0.4 is 5.01 Å². The number of hydrogen-bond donors (Lipinski definition) is 0. The Kier molecular flexibility index (Phi) is 4.75. The quantitative estimate of drug-likeness (QED) is 0.716. The summed E-state index contributed by atoms with van der Waals surface area (Å²) in [5.74, 6) is -1.04. The Morgan fingerprint density at radius 2 is 1.96 bits per heavy atom. The average molecular weight is 402 g/mol. The van der Waals surface area contributed by atoms with Gasteiger partial charge in [-0.15, -0.1) is 5.10 Å². The maximum absolute atomic E-state index is 12.4. The van der Waals surface area contributed by atoms with E-state index in [0.29, 0.717) is 16.4 Å². The predicted molar refractivity (Wildman–Crippen MR) is 99.5 cm³/mol. The molecule has 0 unspecified atom stereocenters. The number of nitrogens with zero attached hydrogens (tertiary/aromatic N) is 6. The summed E-state index contributed by atoms with van der Waals surface area (Å²) >= 11 is 1.24. The van der Waals surface area contributed by atoms with Crippen molar-refractivity contribution in [2.45, 2.75) is 37.2 Å². The second-order valence-corrected chi connectivity index (χ2v) is 7.23. The Morgan fingerprint density at radius 3 is 2.71 bits per heavy atom. The third kappa shape index (κ3) is 2.91. The molecule has 28 heavy (non-hydrogen) atoms. The van der Waals surface area contributed by atoms with Crippen molar-refractivity contribution in [1.29, 1.82) is 0 Å². The van der Waals surface area contributed by atoms with Crippen molar-refractivity contribution in [3.05, 3.63) is 29.5 Å². The minimum Gasteiger partial charge on any atom is -0.464 e. The molecule has 3 heterocycles. The van der Waals surface area contributed by atoms with Crippen molar-refractivity contribution in [3.8, 4) is 5.69 Å². The van der Waals surface area contributed by atoms with Crippen molar-refractivity contribution in [3.63, 3.8) is 0 Å². The molecule has 1 aromatic carbocycles. The highest BCUT2D eigenvalue weighted by Gasteiger charge is 2.45. The molecule has 2 aliphatic heterocycles. The number of anilines is 1. The van der Waals surface area contributed by atoms with Crippen LogP contribution in [0.5, 0.6) is 0 Å². The van der Waals surface area contributed by atoms with Crippen molar-refractivity contribution in [1.82, 2.24) is 15.0 Å². The van der Waals surface area contributed by atoms with E-state index in [1.807, 2.05) is 25.1 Å². The SMILES string of the molecule is CCOC(=O)c1nnn2c1S[C@@H]1[C@@H](C(=O)OCC)N=NN1c1cc(C)ccc1-2. The fourth-order valence-corrected chi connectivity index (χ4v) is 4.27. The van der Waals surface area contributed by atoms with Crippen molar-refractivity contribution >= 4 is 29.4 Å². The van der Waals surface area contributed by atoms with Crippen LogP contribution in [0, 0.1) is 6.92 Å². The van der Waals surface area contributed by atoms with E-state index in [9.17, 15) is 9.59 Å². The summed E-state index contributed by atoms with van der Waals surface area (Å²) in [6.45, 7) is 5.87. The number of benzene rings is 1. The molecule has 0 saturated carbocycles. The van der Waals surface area contributed by atoms with E-state index < -0.39 is 23.4 Å². The van der Waals surface area contributed by atoms with Gasteiger partial charge in [0.1, 0.15) is 10.4 Å². The van der Waals surface area contributed by atoms with Gasteiger partial charge < -0.3 is 9.47 Å². The number of aromatic nitrogens is 3. The van der Waals surface area contributed by atoms with Gasteiger partial charge in [-0.1, -0.05) is 28.3 Å². The summed E-state index contributed by atoms with van der Waals surface area (Å²) in [4.78, 5) is 24.8. The van der Waals surface area contributed by atoms with E-state index in [2.05, 4.69) is 20.6 Å². The highest BCUT2D eigenvalue weighted by molar-refractivity contribution is 8.00. The van der Waals surface area contributed by atoms with Gasteiger partial charge in [-0.05, 0) is 38.5 Å². The Bertz CT molecular complexity index is 975. The fourth-order valence-electron chi connectivity index (χ4n) is 3.02. The summed E-state index contributed by atoms with van der Waals surface area (Å²) in [7, 11) is 0. The molecular formula is C17H18N6O4S. The van der Waals surface area contributed by atoms with Crippen LogP contribution in [0.25, 0.3) is 5.69 Å². The molecule has 0 amide bonds. The molecule has 10 nitrogen and oxygen atoms in total. The first kappa shape index (κ1) is 18.4. The summed E-state index contributed by atoms with van der Waals surface area (Å²) in [6.07, 6.45) is 0. The number of fused-ring (bicyclic) bond motifs is 5. The molecule has 2 aromatic rings. The molecule has 0 N–H and O–H groups in total. The topological polar surface area (TPSA) is 111 Å². The smallest absolute Gasteiger partial charge is 0.361 e. The molecule has 0 aliphatic carbocycles. The van der Waals surface area contributed by atoms with E-state index >= 15 is 0 Å². The molecular weight excluding hydrogens is 384 g/mol. The molecule has 0 spiro atoms. The lowest BCUT2D eigenvalue weighted by molar-refractivity contribution is -0.144.